The number of hydrogen-bond donors (Lipinski definition) is 2. The van der Waals surface area contributed by atoms with Crippen LogP contribution in [-0.2, 0) is 75.0 Å². The average molecular weight is 706 g/mol. The summed E-state index contributed by atoms with van der Waals surface area (Å²) in [5.74, 6) is 2.23. The Morgan fingerprint density at radius 2 is 1.21 bits per heavy atom. The molecule has 0 aromatic carbocycles. The number of carboxylic acid groups (broad SMARTS) is 1. The van der Waals surface area contributed by atoms with Gasteiger partial charge in [-0.05, 0) is 79.4 Å². The molecule has 0 bridgehead atoms. The van der Waals surface area contributed by atoms with Crippen LogP contribution < -0.4 is 5.73 Å². The Morgan fingerprint density at radius 3 is 1.53 bits per heavy atom. The van der Waals surface area contributed by atoms with Crippen molar-refractivity contribution in [3.63, 3.8) is 0 Å². The predicted molar refractivity (Wildman–Crippen MR) is 161 cm³/mol. The van der Waals surface area contributed by atoms with Crippen molar-refractivity contribution in [2.45, 2.75) is 121 Å². The smallest absolute Gasteiger partial charge is 0.306 e. The van der Waals surface area contributed by atoms with Gasteiger partial charge in [-0.15, -0.1) is 6.54 Å². The molecule has 222 valence electrons. The minimum absolute atomic E-state index is 0. The van der Waals surface area contributed by atoms with E-state index in [-0.39, 0.29) is 86.7 Å². The van der Waals surface area contributed by atoms with Crippen LogP contribution in [-0.4, -0.2) is 23.4 Å². The molecule has 5 unspecified atom stereocenters. The Bertz CT molecular complexity index is 624. The number of carboxylic acids is 1. The standard InChI is InChI=1S/C16H29O.C12H22O2.C3H8N.H3P.2Y/c1-6-7-8-15(17)14-11-16(4,5)10-9-13(14)12(2)3;1-8(2)9-5-6-12(3,4)7-10(9)11(13)14;1-2-3-4;;;/h6,12-14H,7-11H2,1-5H3;8-10H,5-7H2,1-4H3,(H,13,14);2H,3-4H2,1H3;1H3;;/q-1;;-1;;;. The number of nitrogens with two attached hydrogens (primary N) is 1. The first-order valence-electron chi connectivity index (χ1n) is 14.1. The Balaban J connectivity index is -0.000000252. The molecular formula is C31H62NO3PY2-2. The third-order valence-electron chi connectivity index (χ3n) is 8.25. The Kier molecular flexibility index (Phi) is 28.5. The number of aliphatic carboxylic acids is 1. The molecule has 2 aliphatic rings. The van der Waals surface area contributed by atoms with Crippen molar-refractivity contribution in [2.24, 2.45) is 52.1 Å². The fraction of sp³-hybridized carbons (Fsp3) is 0.871. The summed E-state index contributed by atoms with van der Waals surface area (Å²) in [7, 11) is 0. The second-order valence-electron chi connectivity index (χ2n) is 13.2. The summed E-state index contributed by atoms with van der Waals surface area (Å²) in [6, 6.07) is 0. The van der Waals surface area contributed by atoms with E-state index in [1.54, 1.807) is 0 Å². The van der Waals surface area contributed by atoms with Gasteiger partial charge in [0.05, 0.1) is 5.92 Å². The minimum atomic E-state index is -0.600. The molecule has 5 atom stereocenters. The summed E-state index contributed by atoms with van der Waals surface area (Å²) in [6.45, 7) is 22.5. The van der Waals surface area contributed by atoms with Crippen LogP contribution in [0, 0.1) is 59.2 Å². The van der Waals surface area contributed by atoms with Gasteiger partial charge >= 0.3 is 5.97 Å². The van der Waals surface area contributed by atoms with E-state index in [0.29, 0.717) is 47.3 Å². The number of Topliss-reactive ketones (excluding diaryl/α,β-unsaturated/α-hetero) is 1. The van der Waals surface area contributed by atoms with E-state index in [0.717, 1.165) is 32.1 Å². The maximum absolute atomic E-state index is 12.3. The minimum Gasteiger partial charge on any atom is -0.481 e. The molecule has 4 nitrogen and oxygen atoms in total. The molecule has 0 aromatic heterocycles. The molecule has 2 radical (unpaired) electrons. The molecule has 0 heterocycles. The SMILES string of the molecule is CC(C)C1CCC(C)(C)CC1C(=O)O.C[CH-]CCC(=O)C1CC(C)(C)CCC1C(C)C.C[CH-]CN.P.[Y].[Y]. The average Bonchev–Trinajstić information content (AvgIpc) is 2.76. The second-order valence-corrected chi connectivity index (χ2v) is 13.2. The molecule has 0 aromatic rings. The molecule has 2 fully saturated rings. The molecule has 2 rings (SSSR count). The summed E-state index contributed by atoms with van der Waals surface area (Å²) in [4.78, 5) is 23.5. The summed E-state index contributed by atoms with van der Waals surface area (Å²) in [5, 5.41) is 9.19. The fourth-order valence-corrected chi connectivity index (χ4v) is 5.91. The number of hydrogen-bond acceptors (Lipinski definition) is 3. The Morgan fingerprint density at radius 1 is 0.842 bits per heavy atom. The van der Waals surface area contributed by atoms with Crippen LogP contribution in [0.25, 0.3) is 0 Å². The third-order valence-corrected chi connectivity index (χ3v) is 8.25. The molecule has 0 saturated heterocycles. The first-order chi connectivity index (χ1) is 16.1. The number of carbonyl (C=O) groups is 2. The predicted octanol–water partition coefficient (Wildman–Crippen LogP) is 8.05. The number of ketones is 1. The molecule has 7 heteroatoms. The quantitative estimate of drug-likeness (QED) is 0.198. The van der Waals surface area contributed by atoms with Crippen LogP contribution in [0.5, 0.6) is 0 Å². The van der Waals surface area contributed by atoms with Crippen LogP contribution in [0.2, 0.25) is 0 Å². The second kappa shape index (κ2) is 23.2. The summed E-state index contributed by atoms with van der Waals surface area (Å²) < 4.78 is 0. The zero-order valence-corrected chi connectivity index (χ0v) is 33.8. The number of unbranched alkanes of at least 4 members (excludes halogenated alkanes) is 1. The zero-order valence-electron chi connectivity index (χ0n) is 26.7. The van der Waals surface area contributed by atoms with Crippen LogP contribution in [0.1, 0.15) is 121 Å². The maximum atomic E-state index is 12.3. The van der Waals surface area contributed by atoms with Gasteiger partial charge in [-0.2, -0.15) is 30.2 Å². The van der Waals surface area contributed by atoms with Crippen molar-refractivity contribution < 1.29 is 80.1 Å². The van der Waals surface area contributed by atoms with Gasteiger partial charge in [0.15, 0.2) is 0 Å². The van der Waals surface area contributed by atoms with E-state index in [1.807, 2.05) is 20.3 Å². The van der Waals surface area contributed by atoms with Crippen LogP contribution in [0.3, 0.4) is 0 Å². The number of rotatable bonds is 8. The summed E-state index contributed by atoms with van der Waals surface area (Å²) >= 11 is 0. The van der Waals surface area contributed by atoms with Gasteiger partial charge in [-0.1, -0.05) is 55.4 Å². The topological polar surface area (TPSA) is 80.4 Å². The zero-order chi connectivity index (χ0) is 27.4. The van der Waals surface area contributed by atoms with Crippen LogP contribution in [0.4, 0.5) is 0 Å². The van der Waals surface area contributed by atoms with Gasteiger partial charge in [-0.25, -0.2) is 0 Å². The van der Waals surface area contributed by atoms with Crippen molar-refractivity contribution in [1.29, 1.82) is 0 Å². The normalized spacial score (nSPS) is 25.2. The van der Waals surface area contributed by atoms with Crippen molar-refractivity contribution in [2.75, 3.05) is 6.54 Å². The molecule has 2 saturated carbocycles. The molecular weight excluding hydrogens is 643 g/mol. The molecule has 0 spiro atoms. The van der Waals surface area contributed by atoms with Gasteiger partial charge in [0, 0.05) is 71.3 Å². The summed E-state index contributed by atoms with van der Waals surface area (Å²) in [5.41, 5.74) is 5.55. The number of carbonyl (C=O) groups excluding carboxylic acids is 1. The van der Waals surface area contributed by atoms with Crippen molar-refractivity contribution >= 4 is 21.7 Å². The van der Waals surface area contributed by atoms with Crippen LogP contribution >= 0.6 is 9.90 Å². The summed E-state index contributed by atoms with van der Waals surface area (Å²) in [6.07, 6.45) is 12.4. The first-order valence-corrected chi connectivity index (χ1v) is 14.1. The van der Waals surface area contributed by atoms with Crippen LogP contribution in [0.15, 0.2) is 0 Å². The van der Waals surface area contributed by atoms with E-state index >= 15 is 0 Å². The molecule has 2 aliphatic carbocycles. The molecule has 38 heavy (non-hydrogen) atoms. The molecule has 0 aliphatic heterocycles. The van der Waals surface area contributed by atoms with Crippen molar-refractivity contribution in [3.8, 4) is 0 Å². The maximum Gasteiger partial charge on any atom is 0.306 e. The van der Waals surface area contributed by atoms with Gasteiger partial charge in [0.25, 0.3) is 0 Å². The van der Waals surface area contributed by atoms with E-state index in [1.165, 1.54) is 19.3 Å². The largest absolute Gasteiger partial charge is 0.481 e. The van der Waals surface area contributed by atoms with E-state index < -0.39 is 5.97 Å². The van der Waals surface area contributed by atoms with Gasteiger partial charge in [-0.3, -0.25) is 9.59 Å². The van der Waals surface area contributed by atoms with E-state index in [2.05, 4.69) is 61.8 Å². The molecule has 0 amide bonds. The fourth-order valence-electron chi connectivity index (χ4n) is 5.91. The van der Waals surface area contributed by atoms with Gasteiger partial charge in [0.1, 0.15) is 5.78 Å². The van der Waals surface area contributed by atoms with E-state index in [4.69, 9.17) is 5.73 Å². The third kappa shape index (κ3) is 18.3. The van der Waals surface area contributed by atoms with Gasteiger partial charge in [0.2, 0.25) is 0 Å². The Labute approximate surface area is 291 Å². The first kappa shape index (κ1) is 46.7. The molecule has 3 N–H and O–H groups in total. The van der Waals surface area contributed by atoms with Crippen molar-refractivity contribution in [1.82, 2.24) is 0 Å². The van der Waals surface area contributed by atoms with Crippen molar-refractivity contribution in [3.05, 3.63) is 12.8 Å². The monoisotopic (exact) mass is 705 g/mol. The Hall–Kier alpha value is 1.74. The van der Waals surface area contributed by atoms with Gasteiger partial charge < -0.3 is 23.7 Å². The van der Waals surface area contributed by atoms with E-state index in [9.17, 15) is 14.7 Å².